The number of non-ortho nitro benzene ring substituents is 1. The van der Waals surface area contributed by atoms with Gasteiger partial charge < -0.3 is 10.6 Å². The van der Waals surface area contributed by atoms with Crippen molar-refractivity contribution in [2.45, 2.75) is 13.5 Å². The van der Waals surface area contributed by atoms with E-state index in [1.54, 1.807) is 18.3 Å². The lowest BCUT2D eigenvalue weighted by molar-refractivity contribution is -0.384. The van der Waals surface area contributed by atoms with E-state index in [-0.39, 0.29) is 17.6 Å². The zero-order valence-corrected chi connectivity index (χ0v) is 19.5. The second-order valence-corrected chi connectivity index (χ2v) is 7.74. The number of nitrogens with one attached hydrogen (secondary N) is 3. The number of anilines is 4. The minimum Gasteiger partial charge on any atom is -0.350 e. The molecule has 0 fully saturated rings. The minimum absolute atomic E-state index is 0.00275. The number of rotatable bonds is 10. The molecule has 0 saturated carbocycles. The van der Waals surface area contributed by atoms with Gasteiger partial charge in [-0.2, -0.15) is 20.1 Å². The van der Waals surface area contributed by atoms with Crippen LogP contribution in [0.25, 0.3) is 6.08 Å². The van der Waals surface area contributed by atoms with Gasteiger partial charge in [-0.3, -0.25) is 10.1 Å². The van der Waals surface area contributed by atoms with E-state index in [4.69, 9.17) is 0 Å². The molecule has 0 aliphatic heterocycles. The van der Waals surface area contributed by atoms with Crippen molar-refractivity contribution >= 4 is 41.5 Å². The maximum atomic E-state index is 10.9. The van der Waals surface area contributed by atoms with Crippen LogP contribution in [-0.2, 0) is 6.54 Å². The molecular weight excluding hydrogens is 456 g/mol. The van der Waals surface area contributed by atoms with Crippen LogP contribution in [0.2, 0.25) is 0 Å². The van der Waals surface area contributed by atoms with Gasteiger partial charge in [-0.1, -0.05) is 66.7 Å². The van der Waals surface area contributed by atoms with Crippen LogP contribution in [-0.4, -0.2) is 26.1 Å². The van der Waals surface area contributed by atoms with Gasteiger partial charge in [-0.25, -0.2) is 5.43 Å². The number of hydrogen-bond donors (Lipinski definition) is 3. The van der Waals surface area contributed by atoms with Gasteiger partial charge in [0.2, 0.25) is 17.8 Å². The highest BCUT2D eigenvalue weighted by Gasteiger charge is 2.09. The van der Waals surface area contributed by atoms with Gasteiger partial charge in [-0.05, 0) is 35.8 Å². The molecule has 4 rings (SSSR count). The molecule has 0 bridgehead atoms. The molecule has 0 atom stereocenters. The number of allylic oxidation sites excluding steroid dienone is 1. The summed E-state index contributed by atoms with van der Waals surface area (Å²) in [5.41, 5.74) is 6.52. The second kappa shape index (κ2) is 11.8. The van der Waals surface area contributed by atoms with Crippen molar-refractivity contribution in [3.8, 4) is 0 Å². The first kappa shape index (κ1) is 24.0. The maximum Gasteiger partial charge on any atom is 0.269 e. The van der Waals surface area contributed by atoms with Crippen molar-refractivity contribution in [2.24, 2.45) is 5.10 Å². The Morgan fingerprint density at radius 1 is 0.889 bits per heavy atom. The summed E-state index contributed by atoms with van der Waals surface area (Å²) >= 11 is 0. The summed E-state index contributed by atoms with van der Waals surface area (Å²) < 4.78 is 0. The van der Waals surface area contributed by atoms with Gasteiger partial charge in [0.15, 0.2) is 0 Å². The summed E-state index contributed by atoms with van der Waals surface area (Å²) in [5.74, 6) is 0.824. The van der Waals surface area contributed by atoms with Crippen LogP contribution >= 0.6 is 0 Å². The lowest BCUT2D eigenvalue weighted by atomic mass is 10.1. The lowest BCUT2D eigenvalue weighted by Gasteiger charge is -2.10. The molecule has 0 aliphatic rings. The fourth-order valence-electron chi connectivity index (χ4n) is 3.17. The van der Waals surface area contributed by atoms with Crippen LogP contribution in [0, 0.1) is 10.1 Å². The first-order chi connectivity index (χ1) is 17.5. The zero-order valence-electron chi connectivity index (χ0n) is 19.5. The number of nitro groups is 1. The van der Waals surface area contributed by atoms with Crippen LogP contribution in [0.1, 0.15) is 18.1 Å². The van der Waals surface area contributed by atoms with Crippen molar-refractivity contribution in [2.75, 3.05) is 16.1 Å². The standard InChI is InChI=1S/C26H24N8O2/c1-19(16-20-8-4-2-5-9-20)17-28-33-26-31-24(27-18-21-10-6-3-7-11-21)30-25(32-26)29-22-12-14-23(15-13-22)34(35)36/h2-17H,18H2,1H3,(H3,27,29,30,31,32,33)/b19-16-,28-17-. The summed E-state index contributed by atoms with van der Waals surface area (Å²) in [6.07, 6.45) is 3.68. The van der Waals surface area contributed by atoms with E-state index in [1.807, 2.05) is 73.7 Å². The zero-order chi connectivity index (χ0) is 25.2. The third-order valence-corrected chi connectivity index (χ3v) is 4.89. The second-order valence-electron chi connectivity index (χ2n) is 7.74. The molecule has 4 aromatic rings. The fourth-order valence-corrected chi connectivity index (χ4v) is 3.17. The number of aromatic nitrogens is 3. The van der Waals surface area contributed by atoms with Crippen molar-refractivity contribution in [3.05, 3.63) is 112 Å². The first-order valence-electron chi connectivity index (χ1n) is 11.1. The molecule has 10 heteroatoms. The Bertz CT molecular complexity index is 1360. The molecule has 1 heterocycles. The van der Waals surface area contributed by atoms with Crippen molar-refractivity contribution in [1.29, 1.82) is 0 Å². The van der Waals surface area contributed by atoms with Crippen molar-refractivity contribution < 1.29 is 4.92 Å². The molecule has 36 heavy (non-hydrogen) atoms. The van der Waals surface area contributed by atoms with Gasteiger partial charge >= 0.3 is 0 Å². The minimum atomic E-state index is -0.452. The molecule has 0 spiro atoms. The summed E-state index contributed by atoms with van der Waals surface area (Å²) in [5, 5.41) is 21.4. The van der Waals surface area contributed by atoms with Crippen LogP contribution in [0.4, 0.5) is 29.2 Å². The highest BCUT2D eigenvalue weighted by Crippen LogP contribution is 2.20. The van der Waals surface area contributed by atoms with Crippen LogP contribution in [0.15, 0.2) is 95.6 Å². The SMILES string of the molecule is CC(/C=N\Nc1nc(NCc2ccccc2)nc(Nc2ccc([N+](=O)[O-])cc2)n1)=C/c1ccccc1. The fraction of sp³-hybridized carbons (Fsp3) is 0.0769. The number of nitrogens with zero attached hydrogens (tertiary/aromatic N) is 5. The number of benzene rings is 3. The van der Waals surface area contributed by atoms with E-state index in [1.165, 1.54) is 12.1 Å². The lowest BCUT2D eigenvalue weighted by Crippen LogP contribution is -2.09. The normalized spacial score (nSPS) is 11.3. The Morgan fingerprint density at radius 2 is 1.53 bits per heavy atom. The Balaban J connectivity index is 1.51. The largest absolute Gasteiger partial charge is 0.350 e. The van der Waals surface area contributed by atoms with Crippen LogP contribution in [0.3, 0.4) is 0 Å². The monoisotopic (exact) mass is 480 g/mol. The third-order valence-electron chi connectivity index (χ3n) is 4.89. The number of nitro benzene ring substituents is 1. The predicted octanol–water partition coefficient (Wildman–Crippen LogP) is 5.64. The van der Waals surface area contributed by atoms with Gasteiger partial charge in [-0.15, -0.1) is 0 Å². The first-order valence-corrected chi connectivity index (χ1v) is 11.1. The van der Waals surface area contributed by atoms with Gasteiger partial charge in [0, 0.05) is 24.4 Å². The van der Waals surface area contributed by atoms with Crippen LogP contribution in [0.5, 0.6) is 0 Å². The molecule has 0 radical (unpaired) electrons. The molecule has 0 amide bonds. The highest BCUT2D eigenvalue weighted by molar-refractivity contribution is 5.85. The molecule has 180 valence electrons. The molecule has 3 N–H and O–H groups in total. The summed E-state index contributed by atoms with van der Waals surface area (Å²) in [6, 6.07) is 25.8. The predicted molar refractivity (Wildman–Crippen MR) is 142 cm³/mol. The quantitative estimate of drug-likeness (QED) is 0.151. The topological polar surface area (TPSA) is 130 Å². The molecule has 1 aromatic heterocycles. The van der Waals surface area contributed by atoms with E-state index in [2.05, 4.69) is 36.1 Å². The molecule has 10 nitrogen and oxygen atoms in total. The van der Waals surface area contributed by atoms with Gasteiger partial charge in [0.1, 0.15) is 0 Å². The van der Waals surface area contributed by atoms with E-state index >= 15 is 0 Å². The van der Waals surface area contributed by atoms with E-state index < -0.39 is 4.92 Å². The summed E-state index contributed by atoms with van der Waals surface area (Å²) in [6.45, 7) is 2.46. The van der Waals surface area contributed by atoms with E-state index in [9.17, 15) is 10.1 Å². The average molecular weight is 481 g/mol. The highest BCUT2D eigenvalue weighted by atomic mass is 16.6. The van der Waals surface area contributed by atoms with Crippen molar-refractivity contribution in [1.82, 2.24) is 15.0 Å². The maximum absolute atomic E-state index is 10.9. The molecule has 0 aliphatic carbocycles. The van der Waals surface area contributed by atoms with E-state index in [0.717, 1.165) is 16.7 Å². The Labute approximate surface area is 208 Å². The molecule has 0 unspecified atom stereocenters. The Hall–Kier alpha value is -5.12. The number of hydrogen-bond acceptors (Lipinski definition) is 9. The molecule has 3 aromatic carbocycles. The van der Waals surface area contributed by atoms with Crippen LogP contribution < -0.4 is 16.1 Å². The smallest absolute Gasteiger partial charge is 0.269 e. The average Bonchev–Trinajstić information content (AvgIpc) is 2.89. The number of hydrazone groups is 1. The Kier molecular flexibility index (Phi) is 7.90. The summed E-state index contributed by atoms with van der Waals surface area (Å²) in [7, 11) is 0. The third kappa shape index (κ3) is 7.19. The Morgan fingerprint density at radius 3 is 2.22 bits per heavy atom. The summed E-state index contributed by atoms with van der Waals surface area (Å²) in [4.78, 5) is 23.7. The molecular formula is C26H24N8O2. The van der Waals surface area contributed by atoms with Crippen molar-refractivity contribution in [3.63, 3.8) is 0 Å². The van der Waals surface area contributed by atoms with E-state index in [0.29, 0.717) is 18.2 Å². The van der Waals surface area contributed by atoms with Gasteiger partial charge in [0.25, 0.3) is 5.69 Å². The van der Waals surface area contributed by atoms with Gasteiger partial charge in [0.05, 0.1) is 11.1 Å². The molecule has 0 saturated heterocycles.